The van der Waals surface area contributed by atoms with E-state index in [1.165, 1.54) is 12.2 Å². The molecule has 0 spiro atoms. The van der Waals surface area contributed by atoms with E-state index in [-0.39, 0.29) is 35.7 Å². The molecule has 2 unspecified atom stereocenters. The second kappa shape index (κ2) is 7.41. The molecular weight excluding hydrogens is 334 g/mol. The van der Waals surface area contributed by atoms with E-state index in [2.05, 4.69) is 13.8 Å². The van der Waals surface area contributed by atoms with E-state index in [9.17, 15) is 14.4 Å². The first-order chi connectivity index (χ1) is 12.5. The van der Waals surface area contributed by atoms with Crippen LogP contribution < -0.4 is 4.90 Å². The van der Waals surface area contributed by atoms with Crippen molar-refractivity contribution in [3.8, 4) is 0 Å². The van der Waals surface area contributed by atoms with Crippen LogP contribution in [0.3, 0.4) is 0 Å². The van der Waals surface area contributed by atoms with Crippen molar-refractivity contribution in [3.05, 3.63) is 42.0 Å². The fraction of sp³-hybridized carbons (Fsp3) is 0.450. The molecule has 1 aromatic carbocycles. The molecule has 0 saturated carbocycles. The molecule has 0 radical (unpaired) electrons. The van der Waals surface area contributed by atoms with Gasteiger partial charge in [-0.15, -0.1) is 0 Å². The smallest absolute Gasteiger partial charge is 0.310 e. The summed E-state index contributed by atoms with van der Waals surface area (Å²) < 4.78 is 11.1. The Kier molecular flexibility index (Phi) is 5.23. The summed E-state index contributed by atoms with van der Waals surface area (Å²) in [6, 6.07) is 6.77. The second-order valence-corrected chi connectivity index (χ2v) is 6.77. The van der Waals surface area contributed by atoms with Crippen molar-refractivity contribution in [2.45, 2.75) is 39.2 Å². The third kappa shape index (κ3) is 3.42. The Morgan fingerprint density at radius 1 is 1.19 bits per heavy atom. The summed E-state index contributed by atoms with van der Waals surface area (Å²) in [5.74, 6) is -1.01. The fourth-order valence-electron chi connectivity index (χ4n) is 3.41. The number of hydrogen-bond acceptors (Lipinski definition) is 5. The molecule has 0 aromatic heterocycles. The summed E-state index contributed by atoms with van der Waals surface area (Å²) in [5.41, 5.74) is 1.20. The van der Waals surface area contributed by atoms with Crippen LogP contribution >= 0.6 is 0 Å². The van der Waals surface area contributed by atoms with Crippen molar-refractivity contribution in [2.75, 3.05) is 18.1 Å². The number of carbonyl (C=O) groups is 3. The number of hydrogen-bond donors (Lipinski definition) is 0. The number of imide groups is 1. The van der Waals surface area contributed by atoms with Crippen molar-refractivity contribution < 1.29 is 23.9 Å². The van der Waals surface area contributed by atoms with Crippen LogP contribution in [0.1, 0.15) is 32.3 Å². The van der Waals surface area contributed by atoms with Crippen LogP contribution in [0.5, 0.6) is 0 Å². The molecule has 6 nitrogen and oxygen atoms in total. The molecule has 0 N–H and O–H groups in total. The topological polar surface area (TPSA) is 72.9 Å². The lowest BCUT2D eigenvalue weighted by Crippen LogP contribution is -2.54. The molecule has 1 aromatic rings. The van der Waals surface area contributed by atoms with E-state index in [0.717, 1.165) is 23.3 Å². The van der Waals surface area contributed by atoms with E-state index >= 15 is 0 Å². The number of benzene rings is 1. The maximum atomic E-state index is 12.2. The average Bonchev–Trinajstić information content (AvgIpc) is 2.95. The Hall–Kier alpha value is -2.47. The van der Waals surface area contributed by atoms with E-state index in [0.29, 0.717) is 18.9 Å². The van der Waals surface area contributed by atoms with Gasteiger partial charge in [-0.05, 0) is 30.5 Å². The van der Waals surface area contributed by atoms with Crippen LogP contribution in [0.2, 0.25) is 0 Å². The number of ether oxygens (including phenoxy) is 2. The summed E-state index contributed by atoms with van der Waals surface area (Å²) in [6.07, 6.45) is 4.62. The number of esters is 1. The first-order valence-corrected chi connectivity index (χ1v) is 8.91. The molecule has 3 rings (SSSR count). The van der Waals surface area contributed by atoms with Gasteiger partial charge in [-0.3, -0.25) is 14.4 Å². The molecule has 1 saturated heterocycles. The molecule has 0 aliphatic carbocycles. The Labute approximate surface area is 152 Å². The van der Waals surface area contributed by atoms with Crippen LogP contribution in [0.4, 0.5) is 5.69 Å². The van der Waals surface area contributed by atoms with Crippen LogP contribution in [-0.2, 0) is 30.3 Å². The van der Waals surface area contributed by atoms with Gasteiger partial charge < -0.3 is 9.47 Å². The highest BCUT2D eigenvalue weighted by atomic mass is 16.6. The number of carbonyl (C=O) groups excluding carboxylic acids is 3. The molecule has 138 valence electrons. The standard InChI is InChI=1S/C20H23NO5/c1-3-16-20(4-2,12-25-16)13-26-19(24)11-14-5-7-15(8-6-14)21-17(22)9-10-18(21)23/h5-10,16H,3-4,11-13H2,1-2H3. The Morgan fingerprint density at radius 3 is 2.35 bits per heavy atom. The van der Waals surface area contributed by atoms with E-state index in [1.54, 1.807) is 24.3 Å². The predicted molar refractivity (Wildman–Crippen MR) is 95.5 cm³/mol. The second-order valence-electron chi connectivity index (χ2n) is 6.77. The highest BCUT2D eigenvalue weighted by Gasteiger charge is 2.46. The van der Waals surface area contributed by atoms with Gasteiger partial charge in [-0.1, -0.05) is 26.0 Å². The Morgan fingerprint density at radius 2 is 1.85 bits per heavy atom. The molecule has 6 heteroatoms. The zero-order valence-electron chi connectivity index (χ0n) is 15.1. The van der Waals surface area contributed by atoms with Crippen molar-refractivity contribution in [1.29, 1.82) is 0 Å². The molecule has 1 fully saturated rings. The van der Waals surface area contributed by atoms with Crippen LogP contribution in [0.25, 0.3) is 0 Å². The van der Waals surface area contributed by atoms with E-state index < -0.39 is 0 Å². The molecule has 2 heterocycles. The lowest BCUT2D eigenvalue weighted by Gasteiger charge is -2.48. The average molecular weight is 357 g/mol. The van der Waals surface area contributed by atoms with Gasteiger partial charge in [0.2, 0.25) is 0 Å². The van der Waals surface area contributed by atoms with E-state index in [1.807, 2.05) is 0 Å². The van der Waals surface area contributed by atoms with Gasteiger partial charge >= 0.3 is 5.97 Å². The van der Waals surface area contributed by atoms with Gasteiger partial charge in [0.15, 0.2) is 0 Å². The Balaban J connectivity index is 1.55. The van der Waals surface area contributed by atoms with Crippen molar-refractivity contribution >= 4 is 23.5 Å². The third-order valence-electron chi connectivity index (χ3n) is 5.20. The summed E-state index contributed by atoms with van der Waals surface area (Å²) in [4.78, 5) is 36.6. The summed E-state index contributed by atoms with van der Waals surface area (Å²) in [5, 5.41) is 0. The predicted octanol–water partition coefficient (Wildman–Crippen LogP) is 2.41. The monoisotopic (exact) mass is 357 g/mol. The maximum absolute atomic E-state index is 12.2. The summed E-state index contributed by atoms with van der Waals surface area (Å²) >= 11 is 0. The van der Waals surface area contributed by atoms with Gasteiger partial charge in [-0.25, -0.2) is 4.90 Å². The van der Waals surface area contributed by atoms with Gasteiger partial charge in [-0.2, -0.15) is 0 Å². The van der Waals surface area contributed by atoms with Crippen molar-refractivity contribution in [2.24, 2.45) is 5.41 Å². The van der Waals surface area contributed by atoms with Gasteiger partial charge in [0, 0.05) is 12.2 Å². The molecule has 2 aliphatic rings. The largest absolute Gasteiger partial charge is 0.465 e. The Bertz CT molecular complexity index is 715. The SMILES string of the molecule is CCC1OCC1(CC)COC(=O)Cc1ccc(N2C(=O)C=CC2=O)cc1. The lowest BCUT2D eigenvalue weighted by atomic mass is 9.75. The molecule has 2 aliphatic heterocycles. The van der Waals surface area contributed by atoms with Gasteiger partial charge in [0.25, 0.3) is 11.8 Å². The van der Waals surface area contributed by atoms with Crippen LogP contribution in [-0.4, -0.2) is 37.1 Å². The quantitative estimate of drug-likeness (QED) is 0.553. The molecular formula is C20H23NO5. The first-order valence-electron chi connectivity index (χ1n) is 8.91. The van der Waals surface area contributed by atoms with E-state index in [4.69, 9.17) is 9.47 Å². The minimum atomic E-state index is -0.361. The summed E-state index contributed by atoms with van der Waals surface area (Å²) in [6.45, 7) is 5.17. The van der Waals surface area contributed by atoms with Gasteiger partial charge in [0.1, 0.15) is 6.61 Å². The maximum Gasteiger partial charge on any atom is 0.310 e. The molecule has 26 heavy (non-hydrogen) atoms. The van der Waals surface area contributed by atoms with Crippen LogP contribution in [0.15, 0.2) is 36.4 Å². The zero-order chi connectivity index (χ0) is 18.7. The van der Waals surface area contributed by atoms with Crippen molar-refractivity contribution in [3.63, 3.8) is 0 Å². The summed E-state index contributed by atoms with van der Waals surface area (Å²) in [7, 11) is 0. The molecule has 2 atom stereocenters. The number of anilines is 1. The number of amides is 2. The lowest BCUT2D eigenvalue weighted by molar-refractivity contribution is -0.214. The highest BCUT2D eigenvalue weighted by Crippen LogP contribution is 2.40. The highest BCUT2D eigenvalue weighted by molar-refractivity contribution is 6.28. The number of rotatable bonds is 7. The first kappa shape index (κ1) is 18.3. The van der Waals surface area contributed by atoms with Gasteiger partial charge in [0.05, 0.1) is 30.2 Å². The minimum Gasteiger partial charge on any atom is -0.465 e. The molecule has 2 amide bonds. The zero-order valence-corrected chi connectivity index (χ0v) is 15.1. The molecule has 0 bridgehead atoms. The number of nitrogens with zero attached hydrogens (tertiary/aromatic N) is 1. The minimum absolute atomic E-state index is 0.0578. The third-order valence-corrected chi connectivity index (χ3v) is 5.20. The van der Waals surface area contributed by atoms with Crippen LogP contribution in [0, 0.1) is 5.41 Å². The van der Waals surface area contributed by atoms with Crippen molar-refractivity contribution in [1.82, 2.24) is 0 Å². The normalized spacial score (nSPS) is 24.7. The fourth-order valence-corrected chi connectivity index (χ4v) is 3.41.